The Morgan fingerprint density at radius 2 is 2.31 bits per heavy atom. The summed E-state index contributed by atoms with van der Waals surface area (Å²) in [6.45, 7) is 1.90. The second kappa shape index (κ2) is 5.52. The molecule has 0 aromatic heterocycles. The first-order valence-electron chi connectivity index (χ1n) is 4.63. The number of aromatic hydroxyl groups is 1. The van der Waals surface area contributed by atoms with Gasteiger partial charge >= 0.3 is 5.97 Å². The molecule has 0 radical (unpaired) electrons. The van der Waals surface area contributed by atoms with Crippen molar-refractivity contribution in [2.45, 2.75) is 12.3 Å². The molecule has 1 rings (SSSR count). The van der Waals surface area contributed by atoms with Crippen LogP contribution in [0.5, 0.6) is 5.75 Å². The molecule has 0 heterocycles. The number of hydrogen-bond acceptors (Lipinski definition) is 4. The molecule has 0 aliphatic carbocycles. The summed E-state index contributed by atoms with van der Waals surface area (Å²) in [4.78, 5) is 11.7. The van der Waals surface area contributed by atoms with Gasteiger partial charge in [0, 0.05) is 5.33 Å². The van der Waals surface area contributed by atoms with Gasteiger partial charge in [-0.3, -0.25) is 0 Å². The van der Waals surface area contributed by atoms with E-state index in [2.05, 4.69) is 15.9 Å². The van der Waals surface area contributed by atoms with E-state index in [0.717, 1.165) is 0 Å². The van der Waals surface area contributed by atoms with Gasteiger partial charge < -0.3 is 9.84 Å². The van der Waals surface area contributed by atoms with Crippen LogP contribution in [0.25, 0.3) is 0 Å². The average Bonchev–Trinajstić information content (AvgIpc) is 2.28. The van der Waals surface area contributed by atoms with E-state index in [4.69, 9.17) is 10.00 Å². The van der Waals surface area contributed by atoms with Crippen LogP contribution < -0.4 is 0 Å². The van der Waals surface area contributed by atoms with Crippen molar-refractivity contribution >= 4 is 21.9 Å². The van der Waals surface area contributed by atoms with Crippen molar-refractivity contribution in [2.75, 3.05) is 6.61 Å². The molecule has 1 aromatic rings. The number of ether oxygens (including phenoxy) is 1. The summed E-state index contributed by atoms with van der Waals surface area (Å²) in [5.41, 5.74) is 0.699. The molecule has 0 atom stereocenters. The molecule has 0 aliphatic rings. The minimum absolute atomic E-state index is 0.0459. The molecule has 5 heteroatoms. The fraction of sp³-hybridized carbons (Fsp3) is 0.273. The normalized spacial score (nSPS) is 9.56. The van der Waals surface area contributed by atoms with E-state index < -0.39 is 5.97 Å². The van der Waals surface area contributed by atoms with Crippen LogP contribution in [0.3, 0.4) is 0 Å². The highest BCUT2D eigenvalue weighted by atomic mass is 79.9. The predicted octanol–water partition coefficient (Wildman–Crippen LogP) is 2.34. The zero-order valence-electron chi connectivity index (χ0n) is 8.66. The Labute approximate surface area is 102 Å². The number of rotatable bonds is 3. The van der Waals surface area contributed by atoms with Crippen molar-refractivity contribution in [3.8, 4) is 11.8 Å². The minimum atomic E-state index is -0.593. The minimum Gasteiger partial charge on any atom is -0.507 e. The van der Waals surface area contributed by atoms with E-state index in [1.165, 1.54) is 6.07 Å². The molecular formula is C11H10BrNO3. The number of phenols is 1. The lowest BCUT2D eigenvalue weighted by molar-refractivity contribution is 0.0524. The maximum absolute atomic E-state index is 11.7. The van der Waals surface area contributed by atoms with Crippen LogP contribution in [-0.4, -0.2) is 17.7 Å². The third-order valence-electron chi connectivity index (χ3n) is 2.00. The maximum atomic E-state index is 11.7. The van der Waals surface area contributed by atoms with E-state index in [1.807, 2.05) is 0 Å². The van der Waals surface area contributed by atoms with Crippen molar-refractivity contribution in [3.05, 3.63) is 28.8 Å². The molecule has 0 saturated heterocycles. The molecule has 1 aromatic carbocycles. The number of halogens is 1. The number of carbonyl (C=O) groups excluding carboxylic acids is 1. The first-order valence-corrected chi connectivity index (χ1v) is 5.75. The van der Waals surface area contributed by atoms with Crippen molar-refractivity contribution in [2.24, 2.45) is 0 Å². The second-order valence-electron chi connectivity index (χ2n) is 2.96. The predicted molar refractivity (Wildman–Crippen MR) is 61.4 cm³/mol. The van der Waals surface area contributed by atoms with E-state index >= 15 is 0 Å². The van der Waals surface area contributed by atoms with Crippen LogP contribution in [0.4, 0.5) is 0 Å². The Hall–Kier alpha value is -1.54. The number of carbonyl (C=O) groups is 1. The molecule has 0 bridgehead atoms. The maximum Gasteiger partial charge on any atom is 0.339 e. The molecule has 0 spiro atoms. The van der Waals surface area contributed by atoms with Crippen molar-refractivity contribution < 1.29 is 14.6 Å². The van der Waals surface area contributed by atoms with Gasteiger partial charge in [-0.25, -0.2) is 4.79 Å². The summed E-state index contributed by atoms with van der Waals surface area (Å²) in [5.74, 6) is -0.806. The first-order chi connectivity index (χ1) is 7.65. The highest BCUT2D eigenvalue weighted by molar-refractivity contribution is 9.08. The van der Waals surface area contributed by atoms with Crippen LogP contribution in [0.2, 0.25) is 0 Å². The largest absolute Gasteiger partial charge is 0.507 e. The monoisotopic (exact) mass is 283 g/mol. The highest BCUT2D eigenvalue weighted by Gasteiger charge is 2.20. The standard InChI is InChI=1S/C11H10BrNO3/c1-2-16-11(15)10-7(5-12)3-4-9(14)8(10)6-13/h3-4,14H,2,5H2,1H3. The summed E-state index contributed by atoms with van der Waals surface area (Å²) in [7, 11) is 0. The molecule has 0 fully saturated rings. The second-order valence-corrected chi connectivity index (χ2v) is 3.52. The SMILES string of the molecule is CCOC(=O)c1c(CBr)ccc(O)c1C#N. The summed E-state index contributed by atoms with van der Waals surface area (Å²) < 4.78 is 4.85. The third kappa shape index (κ3) is 2.34. The van der Waals surface area contributed by atoms with E-state index in [-0.39, 0.29) is 23.5 Å². The molecule has 0 aliphatic heterocycles. The number of nitrogens with zero attached hydrogens (tertiary/aromatic N) is 1. The highest BCUT2D eigenvalue weighted by Crippen LogP contribution is 2.26. The first kappa shape index (κ1) is 12.5. The lowest BCUT2D eigenvalue weighted by atomic mass is 10.0. The van der Waals surface area contributed by atoms with Gasteiger partial charge in [-0.2, -0.15) is 5.26 Å². The average molecular weight is 284 g/mol. The van der Waals surface area contributed by atoms with Gasteiger partial charge in [0.2, 0.25) is 0 Å². The molecule has 0 unspecified atom stereocenters. The summed E-state index contributed by atoms with van der Waals surface area (Å²) >= 11 is 3.22. The Balaban J connectivity index is 3.37. The van der Waals surface area contributed by atoms with E-state index in [1.54, 1.807) is 19.1 Å². The van der Waals surface area contributed by atoms with Gasteiger partial charge in [0.15, 0.2) is 0 Å². The van der Waals surface area contributed by atoms with Gasteiger partial charge in [-0.05, 0) is 18.6 Å². The topological polar surface area (TPSA) is 70.3 Å². The van der Waals surface area contributed by atoms with Crippen LogP contribution >= 0.6 is 15.9 Å². The fourth-order valence-corrected chi connectivity index (χ4v) is 1.76. The van der Waals surface area contributed by atoms with Crippen molar-refractivity contribution in [3.63, 3.8) is 0 Å². The molecule has 1 N–H and O–H groups in total. The van der Waals surface area contributed by atoms with E-state index in [9.17, 15) is 9.90 Å². The fourth-order valence-electron chi connectivity index (χ4n) is 1.30. The number of phenolic OH excluding ortho intramolecular Hbond substituents is 1. The van der Waals surface area contributed by atoms with Crippen LogP contribution in [0.1, 0.15) is 28.4 Å². The summed E-state index contributed by atoms with van der Waals surface area (Å²) in [5, 5.41) is 18.8. The molecule has 84 valence electrons. The number of alkyl halides is 1. The van der Waals surface area contributed by atoms with Gasteiger partial charge in [-0.15, -0.1) is 0 Å². The van der Waals surface area contributed by atoms with Crippen molar-refractivity contribution in [1.82, 2.24) is 0 Å². The lowest BCUT2D eigenvalue weighted by Crippen LogP contribution is -2.10. The molecular weight excluding hydrogens is 274 g/mol. The Morgan fingerprint density at radius 1 is 1.62 bits per heavy atom. The van der Waals surface area contributed by atoms with Crippen LogP contribution in [-0.2, 0) is 10.1 Å². The summed E-state index contributed by atoms with van der Waals surface area (Å²) in [6.07, 6.45) is 0. The van der Waals surface area contributed by atoms with Gasteiger partial charge in [0.05, 0.1) is 12.2 Å². The number of nitriles is 1. The Kier molecular flexibility index (Phi) is 4.32. The third-order valence-corrected chi connectivity index (χ3v) is 2.61. The number of esters is 1. The Bertz CT molecular complexity index is 451. The number of hydrogen-bond donors (Lipinski definition) is 1. The van der Waals surface area contributed by atoms with E-state index in [0.29, 0.717) is 10.9 Å². The van der Waals surface area contributed by atoms with Crippen LogP contribution in [0, 0.1) is 11.3 Å². The Morgan fingerprint density at radius 3 is 2.81 bits per heavy atom. The quantitative estimate of drug-likeness (QED) is 0.683. The van der Waals surface area contributed by atoms with Gasteiger partial charge in [0.1, 0.15) is 17.4 Å². The molecule has 0 saturated carbocycles. The lowest BCUT2D eigenvalue weighted by Gasteiger charge is -2.09. The smallest absolute Gasteiger partial charge is 0.339 e. The van der Waals surface area contributed by atoms with Crippen LogP contribution in [0.15, 0.2) is 12.1 Å². The molecule has 4 nitrogen and oxygen atoms in total. The molecule has 0 amide bonds. The molecule has 16 heavy (non-hydrogen) atoms. The van der Waals surface area contributed by atoms with Gasteiger partial charge in [-0.1, -0.05) is 22.0 Å². The zero-order chi connectivity index (χ0) is 12.1. The number of benzene rings is 1. The van der Waals surface area contributed by atoms with Gasteiger partial charge in [0.25, 0.3) is 0 Å². The summed E-state index contributed by atoms with van der Waals surface area (Å²) in [6, 6.07) is 4.77. The zero-order valence-corrected chi connectivity index (χ0v) is 10.2. The van der Waals surface area contributed by atoms with Crippen molar-refractivity contribution in [1.29, 1.82) is 5.26 Å².